The van der Waals surface area contributed by atoms with Crippen molar-refractivity contribution in [1.29, 1.82) is 0 Å². The third-order valence-electron chi connectivity index (χ3n) is 5.26. The Morgan fingerprint density at radius 2 is 1.30 bits per heavy atom. The fourth-order valence-corrected chi connectivity index (χ4v) is 3.41. The number of nitrogens with zero attached hydrogens (tertiary/aromatic N) is 1. The van der Waals surface area contributed by atoms with Gasteiger partial charge in [-0.2, -0.15) is 4.90 Å². The quantitative estimate of drug-likeness (QED) is 0.209. The predicted molar refractivity (Wildman–Crippen MR) is 120 cm³/mol. The van der Waals surface area contributed by atoms with E-state index in [1.165, 1.54) is 89.9 Å². The van der Waals surface area contributed by atoms with Crippen molar-refractivity contribution in [2.24, 2.45) is 0 Å². The van der Waals surface area contributed by atoms with Crippen molar-refractivity contribution in [1.82, 2.24) is 4.90 Å². The molecule has 0 radical (unpaired) electrons. The van der Waals surface area contributed by atoms with E-state index < -0.39 is 10.4 Å². The van der Waals surface area contributed by atoms with Gasteiger partial charge in [0, 0.05) is 6.42 Å². The van der Waals surface area contributed by atoms with E-state index in [0.29, 0.717) is 0 Å². The molecule has 0 atom stereocenters. The average Bonchev–Trinajstić information content (AvgIpc) is 3.26. The summed E-state index contributed by atoms with van der Waals surface area (Å²) in [6.07, 6.45) is 23.1. The topological polar surface area (TPSA) is 101 Å². The van der Waals surface area contributed by atoms with E-state index in [9.17, 15) is 17.8 Å². The van der Waals surface area contributed by atoms with Gasteiger partial charge in [0.15, 0.2) is 0 Å². The van der Waals surface area contributed by atoms with E-state index in [1.54, 1.807) is 0 Å². The fraction of sp³-hybridized carbons (Fsp3) is 0.909. The van der Waals surface area contributed by atoms with Crippen molar-refractivity contribution >= 4 is 22.6 Å². The highest BCUT2D eigenvalue weighted by molar-refractivity contribution is 7.80. The number of carbonyl (C=O) groups is 1. The van der Waals surface area contributed by atoms with Gasteiger partial charge >= 0.3 is 5.91 Å². The van der Waals surface area contributed by atoms with Gasteiger partial charge in [-0.1, -0.05) is 96.8 Å². The highest BCUT2D eigenvalue weighted by Gasteiger charge is 2.20. The predicted octanol–water partition coefficient (Wildman–Crippen LogP) is 3.29. The van der Waals surface area contributed by atoms with Crippen LogP contribution in [0.5, 0.6) is 0 Å². The highest BCUT2D eigenvalue weighted by atomic mass is 32.3. The van der Waals surface area contributed by atoms with Crippen LogP contribution in [-0.4, -0.2) is 50.3 Å². The molecule has 1 rings (SSSR count). The maximum Gasteiger partial charge on any atom is 0.309 e. The summed E-state index contributed by atoms with van der Waals surface area (Å²) in [7, 11) is -3.60. The molecule has 0 aromatic carbocycles. The van der Waals surface area contributed by atoms with Gasteiger partial charge in [0.05, 0.1) is 7.11 Å². The minimum Gasteiger partial charge on any atom is -0.726 e. The van der Waals surface area contributed by atoms with Gasteiger partial charge in [-0.05, 0) is 6.42 Å². The molecule has 0 spiro atoms. The van der Waals surface area contributed by atoms with Gasteiger partial charge in [-0.3, -0.25) is 9.18 Å². The number of unbranched alkanes of at least 4 members (excludes halogenated alkanes) is 14. The van der Waals surface area contributed by atoms with Crippen LogP contribution < -0.4 is 4.99 Å². The first-order valence-corrected chi connectivity index (χ1v) is 13.1. The van der Waals surface area contributed by atoms with Crippen molar-refractivity contribution in [3.63, 3.8) is 0 Å². The van der Waals surface area contributed by atoms with Crippen LogP contribution in [0.2, 0.25) is 0 Å². The number of hydrogen-bond acceptors (Lipinski definition) is 5. The van der Waals surface area contributed by atoms with Gasteiger partial charge in [0.1, 0.15) is 13.1 Å². The van der Waals surface area contributed by atoms with Crippen LogP contribution in [0, 0.1) is 0 Å². The molecule has 30 heavy (non-hydrogen) atoms. The molecule has 1 aliphatic rings. The molecule has 1 heterocycles. The largest absolute Gasteiger partial charge is 0.726 e. The van der Waals surface area contributed by atoms with E-state index in [0.717, 1.165) is 33.0 Å². The Morgan fingerprint density at radius 1 is 0.900 bits per heavy atom. The van der Waals surface area contributed by atoms with Crippen molar-refractivity contribution < 1.29 is 26.9 Å². The molecule has 0 bridgehead atoms. The molecule has 1 aliphatic heterocycles. The average molecular weight is 449 g/mol. The SMILES string of the molecule is CCCCCCCCCCCCCCCCCC(=O)N1C=[NH+]CC1.COS(=O)(=O)[O-]. The number of nitrogens with one attached hydrogen (secondary N) is 1. The summed E-state index contributed by atoms with van der Waals surface area (Å²) in [6, 6.07) is 0. The molecule has 178 valence electrons. The van der Waals surface area contributed by atoms with Gasteiger partial charge in [-0.25, -0.2) is 13.2 Å². The summed E-state index contributed by atoms with van der Waals surface area (Å²) in [5.74, 6) is 0.287. The van der Waals surface area contributed by atoms with Crippen molar-refractivity contribution in [3.05, 3.63) is 0 Å². The number of rotatable bonds is 17. The standard InChI is InChI=1S/C21H40N2O.CH4O4S/c1-2-3-4-5-6-7-8-9-10-11-12-13-14-15-16-17-21(24)23-19-18-22-20-23;1-5-6(2,3)4/h20H,2-19H2,1H3;1H3,(H,2,3,4). The van der Waals surface area contributed by atoms with Crippen molar-refractivity contribution in [2.75, 3.05) is 20.2 Å². The monoisotopic (exact) mass is 448 g/mol. The lowest BCUT2D eigenvalue weighted by molar-refractivity contribution is -0.439. The Balaban J connectivity index is 0.00000122. The molecule has 1 N–H and O–H groups in total. The molecule has 1 amide bonds. The lowest BCUT2D eigenvalue weighted by atomic mass is 10.0. The molecular weight excluding hydrogens is 404 g/mol. The van der Waals surface area contributed by atoms with E-state index in [2.05, 4.69) is 16.1 Å². The van der Waals surface area contributed by atoms with Crippen LogP contribution in [0.25, 0.3) is 0 Å². The van der Waals surface area contributed by atoms with Gasteiger partial charge < -0.3 is 4.55 Å². The Hall–Kier alpha value is -0.990. The highest BCUT2D eigenvalue weighted by Crippen LogP contribution is 2.13. The molecule has 0 unspecified atom stereocenters. The summed E-state index contributed by atoms with van der Waals surface area (Å²) >= 11 is 0. The Kier molecular flexibility index (Phi) is 19.3. The number of carbonyl (C=O) groups excluding carboxylic acids is 1. The van der Waals surface area contributed by atoms with Crippen LogP contribution in [-0.2, 0) is 19.4 Å². The zero-order chi connectivity index (χ0) is 22.5. The lowest BCUT2D eigenvalue weighted by Crippen LogP contribution is -2.66. The first-order valence-electron chi connectivity index (χ1n) is 11.8. The van der Waals surface area contributed by atoms with Crippen LogP contribution in [0.3, 0.4) is 0 Å². The number of amides is 1. The van der Waals surface area contributed by atoms with Crippen LogP contribution >= 0.6 is 0 Å². The molecule has 8 heteroatoms. The first kappa shape index (κ1) is 29.0. The van der Waals surface area contributed by atoms with Crippen LogP contribution in [0.1, 0.15) is 110 Å². The Labute approximate surface area is 184 Å². The minimum atomic E-state index is -4.41. The summed E-state index contributed by atoms with van der Waals surface area (Å²) < 4.78 is 31.0. The van der Waals surface area contributed by atoms with Gasteiger partial charge in [0.25, 0.3) is 0 Å². The molecule has 0 aliphatic carbocycles. The summed E-state index contributed by atoms with van der Waals surface area (Å²) in [6.45, 7) is 4.03. The molecule has 0 saturated carbocycles. The second-order valence-corrected chi connectivity index (χ2v) is 9.09. The molecule has 7 nitrogen and oxygen atoms in total. The van der Waals surface area contributed by atoms with E-state index in [-0.39, 0.29) is 5.91 Å². The van der Waals surface area contributed by atoms with Crippen molar-refractivity contribution in [2.45, 2.75) is 110 Å². The first-order chi connectivity index (χ1) is 14.4. The van der Waals surface area contributed by atoms with E-state index in [4.69, 9.17) is 0 Å². The van der Waals surface area contributed by atoms with Crippen molar-refractivity contribution in [3.8, 4) is 0 Å². The van der Waals surface area contributed by atoms with Gasteiger partial charge in [-0.15, -0.1) is 0 Å². The third-order valence-corrected chi connectivity index (χ3v) is 5.67. The maximum absolute atomic E-state index is 11.8. The zero-order valence-corrected chi connectivity index (χ0v) is 20.0. The van der Waals surface area contributed by atoms with Gasteiger partial charge in [0.2, 0.25) is 16.7 Å². The minimum absolute atomic E-state index is 0.287. The smallest absolute Gasteiger partial charge is 0.309 e. The Morgan fingerprint density at radius 3 is 1.63 bits per heavy atom. The maximum atomic E-state index is 11.8. The molecule has 0 aromatic heterocycles. The summed E-state index contributed by atoms with van der Waals surface area (Å²) in [5, 5.41) is 0. The Bertz CT molecular complexity index is 538. The molecule has 0 fully saturated rings. The second kappa shape index (κ2) is 19.9. The molecule has 0 aromatic rings. The van der Waals surface area contributed by atoms with Crippen LogP contribution in [0.15, 0.2) is 0 Å². The zero-order valence-electron chi connectivity index (χ0n) is 19.2. The van der Waals surface area contributed by atoms with E-state index >= 15 is 0 Å². The molecule has 0 saturated heterocycles. The van der Waals surface area contributed by atoms with Crippen LogP contribution in [0.4, 0.5) is 0 Å². The normalized spacial score (nSPS) is 13.4. The third kappa shape index (κ3) is 20.3. The van der Waals surface area contributed by atoms with E-state index in [1.807, 2.05) is 11.2 Å². The summed E-state index contributed by atoms with van der Waals surface area (Å²) in [5.41, 5.74) is 0. The summed E-state index contributed by atoms with van der Waals surface area (Å²) in [4.78, 5) is 16.7. The lowest BCUT2D eigenvalue weighted by Gasteiger charge is -2.05. The number of hydrogen-bond donors (Lipinski definition) is 1. The fourth-order valence-electron chi connectivity index (χ4n) is 3.41. The second-order valence-electron chi connectivity index (χ2n) is 7.95. The molecular formula is C22H44N2O5S.